The van der Waals surface area contributed by atoms with E-state index in [0.717, 1.165) is 11.1 Å². The molecular formula is C10H14N4. The summed E-state index contributed by atoms with van der Waals surface area (Å²) in [7, 11) is 1.68. The van der Waals surface area contributed by atoms with Gasteiger partial charge in [0, 0.05) is 25.0 Å². The molecule has 0 fully saturated rings. The van der Waals surface area contributed by atoms with Gasteiger partial charge in [-0.15, -0.1) is 0 Å². The first kappa shape index (κ1) is 10.1. The molecule has 0 aliphatic carbocycles. The van der Waals surface area contributed by atoms with Gasteiger partial charge in [0.1, 0.15) is 0 Å². The van der Waals surface area contributed by atoms with Crippen LogP contribution in [0, 0.1) is 0 Å². The molecule has 4 nitrogen and oxygen atoms in total. The highest BCUT2D eigenvalue weighted by Crippen LogP contribution is 2.20. The average Bonchev–Trinajstić information content (AvgIpc) is 2.19. The molecule has 0 aromatic heterocycles. The molecule has 14 heavy (non-hydrogen) atoms. The fraction of sp³-hybridized carbons (Fsp3) is 0.100. The van der Waals surface area contributed by atoms with E-state index in [1.54, 1.807) is 25.4 Å². The minimum atomic E-state index is 0.548. The SMILES string of the molecule is CN=CC(=CN)c1ccc(N)c(N)c1. The van der Waals surface area contributed by atoms with Crippen LogP contribution < -0.4 is 17.2 Å². The lowest BCUT2D eigenvalue weighted by Crippen LogP contribution is -1.97. The molecule has 0 bridgehead atoms. The molecule has 1 rings (SSSR count). The van der Waals surface area contributed by atoms with Crippen molar-refractivity contribution >= 4 is 23.2 Å². The molecule has 0 aliphatic heterocycles. The summed E-state index contributed by atoms with van der Waals surface area (Å²) in [5, 5.41) is 0. The summed E-state index contributed by atoms with van der Waals surface area (Å²) in [4.78, 5) is 3.89. The Bertz CT molecular complexity index is 380. The maximum atomic E-state index is 5.67. The van der Waals surface area contributed by atoms with Gasteiger partial charge < -0.3 is 17.2 Å². The molecule has 0 saturated carbocycles. The first-order valence-corrected chi connectivity index (χ1v) is 4.18. The first-order chi connectivity index (χ1) is 6.69. The van der Waals surface area contributed by atoms with Gasteiger partial charge in [-0.2, -0.15) is 0 Å². The van der Waals surface area contributed by atoms with E-state index in [1.807, 2.05) is 6.07 Å². The van der Waals surface area contributed by atoms with Crippen molar-refractivity contribution in [3.63, 3.8) is 0 Å². The minimum absolute atomic E-state index is 0.548. The average molecular weight is 190 g/mol. The number of nitrogens with two attached hydrogens (primary N) is 3. The van der Waals surface area contributed by atoms with Crippen molar-refractivity contribution in [3.8, 4) is 0 Å². The van der Waals surface area contributed by atoms with E-state index in [1.165, 1.54) is 6.20 Å². The van der Waals surface area contributed by atoms with Crippen molar-refractivity contribution in [2.45, 2.75) is 0 Å². The predicted octanol–water partition coefficient (Wildman–Crippen LogP) is 0.851. The number of aliphatic imine (C=N–C) groups is 1. The molecule has 1 aromatic carbocycles. The lowest BCUT2D eigenvalue weighted by molar-refractivity contribution is 1.47. The number of nitrogen functional groups attached to an aromatic ring is 2. The number of allylic oxidation sites excluding steroid dienone is 1. The second-order valence-corrected chi connectivity index (χ2v) is 2.85. The molecule has 6 N–H and O–H groups in total. The maximum Gasteiger partial charge on any atom is 0.0554 e. The summed E-state index contributed by atoms with van der Waals surface area (Å²) in [6, 6.07) is 5.37. The van der Waals surface area contributed by atoms with E-state index >= 15 is 0 Å². The highest BCUT2D eigenvalue weighted by atomic mass is 14.7. The standard InChI is InChI=1S/C10H14N4/c1-14-6-8(5-11)7-2-3-9(12)10(13)4-7/h2-6H,11-13H2,1H3. The fourth-order valence-electron chi connectivity index (χ4n) is 1.11. The summed E-state index contributed by atoms with van der Waals surface area (Å²) in [6.45, 7) is 0. The van der Waals surface area contributed by atoms with Crippen molar-refractivity contribution in [3.05, 3.63) is 30.0 Å². The Kier molecular flexibility index (Phi) is 3.12. The molecule has 4 heteroatoms. The van der Waals surface area contributed by atoms with Gasteiger partial charge in [-0.25, -0.2) is 0 Å². The van der Waals surface area contributed by atoms with E-state index in [2.05, 4.69) is 4.99 Å². The number of nitrogens with zero attached hydrogens (tertiary/aromatic N) is 1. The normalized spacial score (nSPS) is 12.2. The Hall–Kier alpha value is -1.97. The van der Waals surface area contributed by atoms with Gasteiger partial charge >= 0.3 is 0 Å². The second kappa shape index (κ2) is 4.32. The minimum Gasteiger partial charge on any atom is -0.404 e. The summed E-state index contributed by atoms with van der Waals surface area (Å²) < 4.78 is 0. The molecule has 0 atom stereocenters. The van der Waals surface area contributed by atoms with Gasteiger partial charge in [0.2, 0.25) is 0 Å². The summed E-state index contributed by atoms with van der Waals surface area (Å²) in [5.74, 6) is 0. The molecule has 0 spiro atoms. The Balaban J connectivity index is 3.13. The smallest absolute Gasteiger partial charge is 0.0554 e. The van der Waals surface area contributed by atoms with E-state index in [0.29, 0.717) is 11.4 Å². The predicted molar refractivity (Wildman–Crippen MR) is 61.8 cm³/mol. The van der Waals surface area contributed by atoms with Crippen LogP contribution in [0.4, 0.5) is 11.4 Å². The molecule has 74 valence electrons. The van der Waals surface area contributed by atoms with Crippen LogP contribution in [0.15, 0.2) is 29.4 Å². The molecule has 0 heterocycles. The van der Waals surface area contributed by atoms with Gasteiger partial charge in [-0.05, 0) is 17.7 Å². The van der Waals surface area contributed by atoms with E-state index in [-0.39, 0.29) is 0 Å². The molecule has 0 amide bonds. The fourth-order valence-corrected chi connectivity index (χ4v) is 1.11. The van der Waals surface area contributed by atoms with Crippen LogP contribution in [-0.4, -0.2) is 13.3 Å². The largest absolute Gasteiger partial charge is 0.404 e. The number of hydrogen-bond acceptors (Lipinski definition) is 4. The van der Waals surface area contributed by atoms with E-state index < -0.39 is 0 Å². The third-order valence-corrected chi connectivity index (χ3v) is 1.87. The summed E-state index contributed by atoms with van der Waals surface area (Å²) >= 11 is 0. The number of hydrogen-bond donors (Lipinski definition) is 3. The zero-order chi connectivity index (χ0) is 10.6. The molecule has 0 aliphatic rings. The Morgan fingerprint density at radius 3 is 2.50 bits per heavy atom. The first-order valence-electron chi connectivity index (χ1n) is 4.18. The van der Waals surface area contributed by atoms with Crippen LogP contribution in [0.5, 0.6) is 0 Å². The Morgan fingerprint density at radius 2 is 2.00 bits per heavy atom. The highest BCUT2D eigenvalue weighted by Gasteiger charge is 2.00. The third kappa shape index (κ3) is 2.04. The molecule has 0 unspecified atom stereocenters. The lowest BCUT2D eigenvalue weighted by atomic mass is 10.1. The number of benzene rings is 1. The van der Waals surface area contributed by atoms with E-state index in [4.69, 9.17) is 17.2 Å². The van der Waals surface area contributed by atoms with Crippen LogP contribution in [0.1, 0.15) is 5.56 Å². The van der Waals surface area contributed by atoms with Crippen LogP contribution in [-0.2, 0) is 0 Å². The van der Waals surface area contributed by atoms with Gasteiger partial charge in [0.05, 0.1) is 11.4 Å². The lowest BCUT2D eigenvalue weighted by Gasteiger charge is -2.04. The molecular weight excluding hydrogens is 176 g/mol. The Labute approximate surface area is 83.1 Å². The molecule has 0 radical (unpaired) electrons. The maximum absolute atomic E-state index is 5.67. The summed E-state index contributed by atoms with van der Waals surface area (Å²) in [5.41, 5.74) is 19.6. The van der Waals surface area contributed by atoms with Crippen molar-refractivity contribution in [1.82, 2.24) is 0 Å². The van der Waals surface area contributed by atoms with E-state index in [9.17, 15) is 0 Å². The number of rotatable bonds is 2. The van der Waals surface area contributed by atoms with Gasteiger partial charge in [-0.3, -0.25) is 4.99 Å². The van der Waals surface area contributed by atoms with Crippen molar-refractivity contribution in [2.75, 3.05) is 18.5 Å². The molecule has 0 saturated heterocycles. The van der Waals surface area contributed by atoms with Gasteiger partial charge in [0.15, 0.2) is 0 Å². The zero-order valence-corrected chi connectivity index (χ0v) is 8.07. The molecule has 1 aromatic rings. The monoisotopic (exact) mass is 190 g/mol. The van der Waals surface area contributed by atoms with Crippen LogP contribution in [0.25, 0.3) is 5.57 Å². The van der Waals surface area contributed by atoms with Gasteiger partial charge in [0.25, 0.3) is 0 Å². The van der Waals surface area contributed by atoms with Crippen LogP contribution in [0.2, 0.25) is 0 Å². The zero-order valence-electron chi connectivity index (χ0n) is 8.07. The third-order valence-electron chi connectivity index (χ3n) is 1.87. The highest BCUT2D eigenvalue weighted by molar-refractivity contribution is 6.10. The Morgan fingerprint density at radius 1 is 1.29 bits per heavy atom. The van der Waals surface area contributed by atoms with Gasteiger partial charge in [-0.1, -0.05) is 6.07 Å². The van der Waals surface area contributed by atoms with Crippen molar-refractivity contribution < 1.29 is 0 Å². The quantitative estimate of drug-likeness (QED) is 0.477. The van der Waals surface area contributed by atoms with Crippen LogP contribution in [0.3, 0.4) is 0 Å². The topological polar surface area (TPSA) is 90.4 Å². The summed E-state index contributed by atoms with van der Waals surface area (Å²) in [6.07, 6.45) is 3.16. The van der Waals surface area contributed by atoms with Crippen molar-refractivity contribution in [1.29, 1.82) is 0 Å². The number of anilines is 2. The second-order valence-electron chi connectivity index (χ2n) is 2.85. The van der Waals surface area contributed by atoms with Crippen LogP contribution >= 0.6 is 0 Å². The van der Waals surface area contributed by atoms with Crippen molar-refractivity contribution in [2.24, 2.45) is 10.7 Å².